The first-order chi connectivity index (χ1) is 12.4. The topological polar surface area (TPSA) is 109 Å². The van der Waals surface area contributed by atoms with Crippen LogP contribution in [-0.4, -0.2) is 69.7 Å². The Balaban J connectivity index is 0.000000321. The number of hydrogen-bond donors (Lipinski definition) is 2. The van der Waals surface area contributed by atoms with Crippen molar-refractivity contribution in [1.29, 1.82) is 0 Å². The van der Waals surface area contributed by atoms with E-state index in [2.05, 4.69) is 9.62 Å². The number of furan rings is 1. The molecule has 0 spiro atoms. The van der Waals surface area contributed by atoms with E-state index in [1.807, 2.05) is 12.1 Å². The SMILES string of the molecule is CS(=O)(=O)NC[C@]12COC[C@H]1CN(Cc1ccco1)C2.O=C(O)C(F)(F)F. The van der Waals surface area contributed by atoms with E-state index in [-0.39, 0.29) is 5.41 Å². The predicted molar refractivity (Wildman–Crippen MR) is 87.3 cm³/mol. The Morgan fingerprint density at radius 2 is 2.15 bits per heavy atom. The number of carboxylic acids is 1. The Labute approximate surface area is 154 Å². The normalized spacial score (nSPS) is 25.7. The molecule has 3 rings (SSSR count). The third-order valence-corrected chi connectivity index (χ3v) is 5.15. The minimum Gasteiger partial charge on any atom is -0.475 e. The summed E-state index contributed by atoms with van der Waals surface area (Å²) in [6.45, 7) is 4.30. The first-order valence-corrected chi connectivity index (χ1v) is 9.88. The number of ether oxygens (including phenoxy) is 1. The van der Waals surface area contributed by atoms with Gasteiger partial charge in [-0.3, -0.25) is 4.90 Å². The van der Waals surface area contributed by atoms with Gasteiger partial charge in [0.05, 0.1) is 32.3 Å². The Morgan fingerprint density at radius 1 is 1.48 bits per heavy atom. The van der Waals surface area contributed by atoms with Gasteiger partial charge in [-0.25, -0.2) is 17.9 Å². The molecular weight excluding hydrogens is 393 g/mol. The largest absolute Gasteiger partial charge is 0.490 e. The molecule has 154 valence electrons. The molecule has 0 aromatic carbocycles. The number of nitrogens with one attached hydrogen (secondary N) is 1. The molecule has 12 heteroatoms. The van der Waals surface area contributed by atoms with Crippen molar-refractivity contribution in [3.8, 4) is 0 Å². The van der Waals surface area contributed by atoms with Crippen LogP contribution in [0.3, 0.4) is 0 Å². The highest BCUT2D eigenvalue weighted by Crippen LogP contribution is 2.41. The van der Waals surface area contributed by atoms with E-state index < -0.39 is 22.2 Å². The summed E-state index contributed by atoms with van der Waals surface area (Å²) in [5, 5.41) is 7.12. The third-order valence-electron chi connectivity index (χ3n) is 4.48. The maximum absolute atomic E-state index is 11.3. The fourth-order valence-corrected chi connectivity index (χ4v) is 3.76. The average Bonchev–Trinajstić information content (AvgIpc) is 3.20. The van der Waals surface area contributed by atoms with E-state index in [1.165, 1.54) is 6.26 Å². The van der Waals surface area contributed by atoms with E-state index in [0.29, 0.717) is 25.7 Å². The number of aliphatic carboxylic acids is 1. The molecule has 0 radical (unpaired) electrons. The lowest BCUT2D eigenvalue weighted by Gasteiger charge is -2.27. The molecule has 0 amide bonds. The number of sulfonamides is 1. The van der Waals surface area contributed by atoms with Crippen molar-refractivity contribution in [2.45, 2.75) is 12.7 Å². The lowest BCUT2D eigenvalue weighted by atomic mass is 9.81. The molecule has 3 heterocycles. The van der Waals surface area contributed by atoms with Crippen molar-refractivity contribution in [2.75, 3.05) is 39.1 Å². The van der Waals surface area contributed by atoms with Gasteiger partial charge in [0.1, 0.15) is 5.76 Å². The van der Waals surface area contributed by atoms with Gasteiger partial charge in [-0.2, -0.15) is 13.2 Å². The molecule has 2 N–H and O–H groups in total. The van der Waals surface area contributed by atoms with Crippen molar-refractivity contribution in [1.82, 2.24) is 9.62 Å². The monoisotopic (exact) mass is 414 g/mol. The second-order valence-electron chi connectivity index (χ2n) is 6.72. The smallest absolute Gasteiger partial charge is 0.475 e. The minimum atomic E-state index is -5.08. The Hall–Kier alpha value is -1.63. The van der Waals surface area contributed by atoms with Crippen LogP contribution in [0.5, 0.6) is 0 Å². The summed E-state index contributed by atoms with van der Waals surface area (Å²) in [6.07, 6.45) is -2.21. The lowest BCUT2D eigenvalue weighted by Crippen LogP contribution is -2.42. The second kappa shape index (κ2) is 8.17. The summed E-state index contributed by atoms with van der Waals surface area (Å²) < 4.78 is 68.0. The van der Waals surface area contributed by atoms with E-state index >= 15 is 0 Å². The molecule has 8 nitrogen and oxygen atoms in total. The lowest BCUT2D eigenvalue weighted by molar-refractivity contribution is -0.192. The zero-order chi connectivity index (χ0) is 20.3. The molecule has 2 atom stereocenters. The van der Waals surface area contributed by atoms with Crippen molar-refractivity contribution < 1.29 is 40.6 Å². The summed E-state index contributed by atoms with van der Waals surface area (Å²) in [6, 6.07) is 3.85. The van der Waals surface area contributed by atoms with Gasteiger partial charge < -0.3 is 14.3 Å². The predicted octanol–water partition coefficient (Wildman–Crippen LogP) is 0.911. The van der Waals surface area contributed by atoms with Crippen LogP contribution in [0.1, 0.15) is 5.76 Å². The summed E-state index contributed by atoms with van der Waals surface area (Å²) in [4.78, 5) is 11.2. The average molecular weight is 414 g/mol. The van der Waals surface area contributed by atoms with E-state index in [1.54, 1.807) is 6.26 Å². The molecule has 0 unspecified atom stereocenters. The standard InChI is InChI=1S/C13H20N2O4S.C2HF3O2/c1-20(16,17)14-8-13-9-15(5-11(13)7-18-10-13)6-12-3-2-4-19-12;3-2(4,5)1(6)7/h2-4,11,14H,5-10H2,1H3;(H,6,7)/t11-,13+;/m1./s1. The van der Waals surface area contributed by atoms with Gasteiger partial charge >= 0.3 is 12.1 Å². The first kappa shape index (κ1) is 21.7. The number of fused-ring (bicyclic) bond motifs is 1. The van der Waals surface area contributed by atoms with Gasteiger partial charge in [0, 0.05) is 31.0 Å². The van der Waals surface area contributed by atoms with Gasteiger partial charge in [-0.1, -0.05) is 0 Å². The summed E-state index contributed by atoms with van der Waals surface area (Å²) in [5.74, 6) is -1.43. The van der Waals surface area contributed by atoms with E-state index in [4.69, 9.17) is 19.1 Å². The maximum atomic E-state index is 11.3. The van der Waals surface area contributed by atoms with Crippen LogP contribution in [0.4, 0.5) is 13.2 Å². The van der Waals surface area contributed by atoms with Gasteiger partial charge in [0.15, 0.2) is 0 Å². The highest BCUT2D eigenvalue weighted by atomic mass is 32.2. The van der Waals surface area contributed by atoms with Gasteiger partial charge in [-0.15, -0.1) is 0 Å². The van der Waals surface area contributed by atoms with Gasteiger partial charge in [0.2, 0.25) is 10.0 Å². The van der Waals surface area contributed by atoms with Crippen LogP contribution in [0.25, 0.3) is 0 Å². The van der Waals surface area contributed by atoms with Gasteiger partial charge in [0.25, 0.3) is 0 Å². The maximum Gasteiger partial charge on any atom is 0.490 e. The summed E-state index contributed by atoms with van der Waals surface area (Å²) >= 11 is 0. The summed E-state index contributed by atoms with van der Waals surface area (Å²) in [5.41, 5.74) is -0.102. The van der Waals surface area contributed by atoms with Crippen LogP contribution < -0.4 is 4.72 Å². The zero-order valence-electron chi connectivity index (χ0n) is 14.5. The minimum absolute atomic E-state index is 0.102. The number of carbonyl (C=O) groups is 1. The molecule has 27 heavy (non-hydrogen) atoms. The number of rotatable bonds is 5. The van der Waals surface area contributed by atoms with Crippen molar-refractivity contribution in [2.24, 2.45) is 11.3 Å². The number of hydrogen-bond acceptors (Lipinski definition) is 6. The van der Waals surface area contributed by atoms with Gasteiger partial charge in [-0.05, 0) is 12.1 Å². The van der Waals surface area contributed by atoms with Crippen molar-refractivity contribution in [3.05, 3.63) is 24.2 Å². The van der Waals surface area contributed by atoms with Crippen LogP contribution >= 0.6 is 0 Å². The molecule has 0 saturated carbocycles. The molecule has 2 fully saturated rings. The van der Waals surface area contributed by atoms with E-state index in [0.717, 1.165) is 25.4 Å². The fraction of sp³-hybridized carbons (Fsp3) is 0.667. The number of nitrogens with zero attached hydrogens (tertiary/aromatic N) is 1. The molecule has 0 bridgehead atoms. The molecular formula is C15H21F3N2O6S. The number of alkyl halides is 3. The van der Waals surface area contributed by atoms with Crippen LogP contribution in [0, 0.1) is 11.3 Å². The van der Waals surface area contributed by atoms with Crippen LogP contribution in [0.2, 0.25) is 0 Å². The highest BCUT2D eigenvalue weighted by molar-refractivity contribution is 7.88. The van der Waals surface area contributed by atoms with E-state index in [9.17, 15) is 21.6 Å². The molecule has 2 saturated heterocycles. The molecule has 2 aliphatic rings. The second-order valence-corrected chi connectivity index (χ2v) is 8.55. The van der Waals surface area contributed by atoms with Crippen LogP contribution in [0.15, 0.2) is 22.8 Å². The van der Waals surface area contributed by atoms with Crippen molar-refractivity contribution >= 4 is 16.0 Å². The molecule has 1 aromatic rings. The Bertz CT molecular complexity index is 737. The Morgan fingerprint density at radius 3 is 2.67 bits per heavy atom. The molecule has 0 aliphatic carbocycles. The highest BCUT2D eigenvalue weighted by Gasteiger charge is 2.50. The molecule has 2 aliphatic heterocycles. The van der Waals surface area contributed by atoms with Crippen LogP contribution in [-0.2, 0) is 26.1 Å². The number of likely N-dealkylation sites (tertiary alicyclic amines) is 1. The first-order valence-electron chi connectivity index (χ1n) is 7.98. The third kappa shape index (κ3) is 6.19. The number of halogens is 3. The van der Waals surface area contributed by atoms with Crippen molar-refractivity contribution in [3.63, 3.8) is 0 Å². The fourth-order valence-electron chi connectivity index (χ4n) is 3.21. The molecule has 1 aromatic heterocycles. The zero-order valence-corrected chi connectivity index (χ0v) is 15.3. The summed E-state index contributed by atoms with van der Waals surface area (Å²) in [7, 11) is -3.17. The Kier molecular flexibility index (Phi) is 6.55. The quantitative estimate of drug-likeness (QED) is 0.737. The number of carboxylic acid groups (broad SMARTS) is 1.